The zero-order valence-corrected chi connectivity index (χ0v) is 14.5. The average Bonchev–Trinajstić information content (AvgIpc) is 2.52. The Kier molecular flexibility index (Phi) is 7.10. The van der Waals surface area contributed by atoms with Crippen molar-refractivity contribution in [3.05, 3.63) is 35.4 Å². The van der Waals surface area contributed by atoms with E-state index < -0.39 is 5.97 Å². The standard InChI is InChI=1S/C20H30O3/c1-15(2)23-19-8-5-7-18(14-19)17-12-10-16(11-13-17)6-3-4-9-20(21)22/h10-13,15,18-19H,3-9,14H2,1-2H3,(H,21,22)/t18-,19+/m1/s1. The van der Waals surface area contributed by atoms with Gasteiger partial charge in [0.05, 0.1) is 12.2 Å². The fourth-order valence-corrected chi connectivity index (χ4v) is 3.52. The van der Waals surface area contributed by atoms with Gasteiger partial charge in [0.15, 0.2) is 0 Å². The van der Waals surface area contributed by atoms with Crippen LogP contribution in [0, 0.1) is 0 Å². The molecule has 3 heteroatoms. The Hall–Kier alpha value is -1.35. The van der Waals surface area contributed by atoms with E-state index in [0.717, 1.165) is 25.7 Å². The molecule has 0 heterocycles. The zero-order chi connectivity index (χ0) is 16.7. The van der Waals surface area contributed by atoms with E-state index in [1.54, 1.807) is 0 Å². The summed E-state index contributed by atoms with van der Waals surface area (Å²) in [5.41, 5.74) is 2.74. The molecule has 2 atom stereocenters. The van der Waals surface area contributed by atoms with Gasteiger partial charge in [0.25, 0.3) is 0 Å². The number of hydrogen-bond donors (Lipinski definition) is 1. The van der Waals surface area contributed by atoms with Crippen molar-refractivity contribution in [1.82, 2.24) is 0 Å². The molecule has 1 fully saturated rings. The van der Waals surface area contributed by atoms with E-state index >= 15 is 0 Å². The van der Waals surface area contributed by atoms with E-state index in [9.17, 15) is 4.79 Å². The fourth-order valence-electron chi connectivity index (χ4n) is 3.52. The monoisotopic (exact) mass is 318 g/mol. The molecular weight excluding hydrogens is 288 g/mol. The third-order valence-corrected chi connectivity index (χ3v) is 4.65. The second-order valence-corrected chi connectivity index (χ2v) is 7.01. The Morgan fingerprint density at radius 2 is 1.96 bits per heavy atom. The quantitative estimate of drug-likeness (QED) is 0.691. The first-order chi connectivity index (χ1) is 11.0. The van der Waals surface area contributed by atoms with Crippen molar-refractivity contribution in [2.45, 2.75) is 83.3 Å². The average molecular weight is 318 g/mol. The number of carboxylic acids is 1. The van der Waals surface area contributed by atoms with E-state index in [2.05, 4.69) is 38.1 Å². The van der Waals surface area contributed by atoms with E-state index in [0.29, 0.717) is 18.1 Å². The molecule has 1 aliphatic rings. The van der Waals surface area contributed by atoms with E-state index in [1.807, 2.05) is 0 Å². The van der Waals surface area contributed by atoms with Gasteiger partial charge in [0.2, 0.25) is 0 Å². The Bertz CT molecular complexity index is 478. The lowest BCUT2D eigenvalue weighted by molar-refractivity contribution is -0.137. The molecule has 1 aliphatic carbocycles. The molecule has 0 radical (unpaired) electrons. The van der Waals surface area contributed by atoms with Gasteiger partial charge >= 0.3 is 5.97 Å². The fraction of sp³-hybridized carbons (Fsp3) is 0.650. The number of aryl methyl sites for hydroxylation is 1. The molecule has 0 saturated heterocycles. The lowest BCUT2D eigenvalue weighted by atomic mass is 9.82. The first kappa shape index (κ1) is 18.0. The summed E-state index contributed by atoms with van der Waals surface area (Å²) in [6, 6.07) is 8.94. The number of rotatable bonds is 8. The molecule has 1 aromatic carbocycles. The molecule has 0 spiro atoms. The predicted octanol–water partition coefficient (Wildman–Crippen LogP) is 4.94. The molecule has 3 nitrogen and oxygen atoms in total. The minimum Gasteiger partial charge on any atom is -0.481 e. The van der Waals surface area contributed by atoms with Crippen molar-refractivity contribution in [2.24, 2.45) is 0 Å². The van der Waals surface area contributed by atoms with Crippen molar-refractivity contribution in [3.63, 3.8) is 0 Å². The lowest BCUT2D eigenvalue weighted by Gasteiger charge is -2.30. The first-order valence-corrected chi connectivity index (χ1v) is 9.00. The summed E-state index contributed by atoms with van der Waals surface area (Å²) in [6.07, 6.45) is 8.50. The number of carboxylic acid groups (broad SMARTS) is 1. The summed E-state index contributed by atoms with van der Waals surface area (Å²) in [5, 5.41) is 8.66. The third kappa shape index (κ3) is 6.34. The van der Waals surface area contributed by atoms with Crippen molar-refractivity contribution in [1.29, 1.82) is 0 Å². The van der Waals surface area contributed by atoms with E-state index in [1.165, 1.54) is 30.4 Å². The van der Waals surface area contributed by atoms with Crippen LogP contribution >= 0.6 is 0 Å². The second-order valence-electron chi connectivity index (χ2n) is 7.01. The topological polar surface area (TPSA) is 46.5 Å². The number of aliphatic carboxylic acids is 1. The number of hydrogen-bond acceptors (Lipinski definition) is 2. The van der Waals surface area contributed by atoms with Crippen molar-refractivity contribution < 1.29 is 14.6 Å². The van der Waals surface area contributed by atoms with Crippen LogP contribution in [-0.4, -0.2) is 23.3 Å². The maximum Gasteiger partial charge on any atom is 0.303 e. The SMILES string of the molecule is CC(C)O[C@H]1CCC[C@@H](c2ccc(CCCCC(=O)O)cc2)C1. The molecule has 128 valence electrons. The molecule has 0 aliphatic heterocycles. The Morgan fingerprint density at radius 3 is 2.61 bits per heavy atom. The number of carbonyl (C=O) groups is 1. The van der Waals surface area contributed by atoms with Gasteiger partial charge in [-0.2, -0.15) is 0 Å². The molecule has 1 aromatic rings. The smallest absolute Gasteiger partial charge is 0.303 e. The predicted molar refractivity (Wildman–Crippen MR) is 92.9 cm³/mol. The normalized spacial score (nSPS) is 21.5. The summed E-state index contributed by atoms with van der Waals surface area (Å²) in [5.74, 6) is -0.0793. The third-order valence-electron chi connectivity index (χ3n) is 4.65. The van der Waals surface area contributed by atoms with Gasteiger partial charge in [-0.3, -0.25) is 4.79 Å². The molecule has 0 unspecified atom stereocenters. The number of ether oxygens (including phenoxy) is 1. The van der Waals surface area contributed by atoms with Crippen molar-refractivity contribution in [3.8, 4) is 0 Å². The summed E-state index contributed by atoms with van der Waals surface area (Å²) >= 11 is 0. The molecule has 1 saturated carbocycles. The summed E-state index contributed by atoms with van der Waals surface area (Å²) in [6.45, 7) is 4.23. The second kappa shape index (κ2) is 9.07. The van der Waals surface area contributed by atoms with Gasteiger partial charge in [-0.15, -0.1) is 0 Å². The lowest BCUT2D eigenvalue weighted by Crippen LogP contribution is -2.24. The minimum absolute atomic E-state index is 0.275. The highest BCUT2D eigenvalue weighted by atomic mass is 16.5. The van der Waals surface area contributed by atoms with E-state index in [-0.39, 0.29) is 6.42 Å². The highest BCUT2D eigenvalue weighted by Crippen LogP contribution is 2.34. The minimum atomic E-state index is -0.698. The highest BCUT2D eigenvalue weighted by molar-refractivity contribution is 5.66. The number of unbranched alkanes of at least 4 members (excludes halogenated alkanes) is 1. The summed E-state index contributed by atoms with van der Waals surface area (Å²) in [4.78, 5) is 10.5. The Balaban J connectivity index is 1.82. The Morgan fingerprint density at radius 1 is 1.22 bits per heavy atom. The molecule has 1 N–H and O–H groups in total. The van der Waals surface area contributed by atoms with Crippen LogP contribution in [0.2, 0.25) is 0 Å². The van der Waals surface area contributed by atoms with Crippen LogP contribution < -0.4 is 0 Å². The van der Waals surface area contributed by atoms with Gasteiger partial charge in [-0.1, -0.05) is 30.7 Å². The molecular formula is C20H30O3. The van der Waals surface area contributed by atoms with Crippen LogP contribution in [0.25, 0.3) is 0 Å². The first-order valence-electron chi connectivity index (χ1n) is 9.00. The van der Waals surface area contributed by atoms with Gasteiger partial charge in [0, 0.05) is 6.42 Å². The maximum absolute atomic E-state index is 10.5. The van der Waals surface area contributed by atoms with Gasteiger partial charge in [0.1, 0.15) is 0 Å². The van der Waals surface area contributed by atoms with Crippen molar-refractivity contribution in [2.75, 3.05) is 0 Å². The van der Waals surface area contributed by atoms with Crippen LogP contribution in [0.4, 0.5) is 0 Å². The highest BCUT2D eigenvalue weighted by Gasteiger charge is 2.24. The summed E-state index contributed by atoms with van der Waals surface area (Å²) in [7, 11) is 0. The summed E-state index contributed by atoms with van der Waals surface area (Å²) < 4.78 is 6.00. The van der Waals surface area contributed by atoms with Crippen LogP contribution in [0.1, 0.15) is 75.8 Å². The van der Waals surface area contributed by atoms with Crippen molar-refractivity contribution >= 4 is 5.97 Å². The van der Waals surface area contributed by atoms with Gasteiger partial charge < -0.3 is 9.84 Å². The molecule has 2 rings (SSSR count). The molecule has 23 heavy (non-hydrogen) atoms. The van der Waals surface area contributed by atoms with Crippen LogP contribution in [0.5, 0.6) is 0 Å². The molecule has 0 aromatic heterocycles. The van der Waals surface area contributed by atoms with E-state index in [4.69, 9.17) is 9.84 Å². The largest absolute Gasteiger partial charge is 0.481 e. The molecule has 0 bridgehead atoms. The zero-order valence-electron chi connectivity index (χ0n) is 14.5. The Labute approximate surface area is 140 Å². The van der Waals surface area contributed by atoms with Gasteiger partial charge in [-0.25, -0.2) is 0 Å². The number of benzene rings is 1. The van der Waals surface area contributed by atoms with Crippen LogP contribution in [0.3, 0.4) is 0 Å². The van der Waals surface area contributed by atoms with Gasteiger partial charge in [-0.05, 0) is 69.4 Å². The van der Waals surface area contributed by atoms with Crippen LogP contribution in [-0.2, 0) is 16.0 Å². The van der Waals surface area contributed by atoms with Crippen LogP contribution in [0.15, 0.2) is 24.3 Å². The molecule has 0 amide bonds. The maximum atomic E-state index is 10.5.